The number of methoxy groups -OCH3 is 3. The van der Waals surface area contributed by atoms with Gasteiger partial charge in [0, 0.05) is 17.7 Å². The van der Waals surface area contributed by atoms with Crippen molar-refractivity contribution in [2.24, 2.45) is 0 Å². The summed E-state index contributed by atoms with van der Waals surface area (Å²) in [6, 6.07) is 17.3. The van der Waals surface area contributed by atoms with Crippen LogP contribution < -0.4 is 25.1 Å². The SMILES string of the molecule is COc1cc(OC)c(C(=O)Nc2ccccc2-c2nc3ccccc3[nH]c2=O)cc1OC. The van der Waals surface area contributed by atoms with Crippen LogP contribution in [0.25, 0.3) is 22.3 Å². The van der Waals surface area contributed by atoms with Gasteiger partial charge < -0.3 is 24.5 Å². The van der Waals surface area contributed by atoms with Gasteiger partial charge in [0.15, 0.2) is 11.5 Å². The molecule has 0 aliphatic rings. The molecule has 4 aromatic rings. The van der Waals surface area contributed by atoms with E-state index in [9.17, 15) is 9.59 Å². The molecule has 0 saturated heterocycles. The maximum atomic E-state index is 13.1. The molecule has 3 aromatic carbocycles. The Morgan fingerprint density at radius 2 is 1.53 bits per heavy atom. The number of aromatic nitrogens is 2. The Kier molecular flexibility index (Phi) is 5.76. The number of fused-ring (bicyclic) bond motifs is 1. The first-order valence-corrected chi connectivity index (χ1v) is 9.75. The quantitative estimate of drug-likeness (QED) is 0.481. The van der Waals surface area contributed by atoms with Gasteiger partial charge in [-0.15, -0.1) is 0 Å². The summed E-state index contributed by atoms with van der Waals surface area (Å²) < 4.78 is 15.9. The number of hydrogen-bond acceptors (Lipinski definition) is 6. The largest absolute Gasteiger partial charge is 0.496 e. The van der Waals surface area contributed by atoms with E-state index in [-0.39, 0.29) is 16.8 Å². The summed E-state index contributed by atoms with van der Waals surface area (Å²) in [5, 5.41) is 2.86. The van der Waals surface area contributed by atoms with Crippen LogP contribution >= 0.6 is 0 Å². The van der Waals surface area contributed by atoms with Crippen LogP contribution in [0, 0.1) is 0 Å². The van der Waals surface area contributed by atoms with Gasteiger partial charge in [0.05, 0.1) is 43.6 Å². The molecule has 0 spiro atoms. The van der Waals surface area contributed by atoms with E-state index in [1.807, 2.05) is 18.2 Å². The predicted octanol–water partition coefficient (Wildman–Crippen LogP) is 3.87. The number of ether oxygens (including phenoxy) is 3. The van der Waals surface area contributed by atoms with Crippen molar-refractivity contribution < 1.29 is 19.0 Å². The van der Waals surface area contributed by atoms with Crippen LogP contribution in [0.3, 0.4) is 0 Å². The number of benzene rings is 3. The highest BCUT2D eigenvalue weighted by Crippen LogP contribution is 2.35. The number of amides is 1. The maximum absolute atomic E-state index is 13.1. The van der Waals surface area contributed by atoms with Gasteiger partial charge >= 0.3 is 0 Å². The number of aromatic amines is 1. The molecule has 0 aliphatic heterocycles. The number of para-hydroxylation sites is 3. The second-order valence-corrected chi connectivity index (χ2v) is 6.84. The monoisotopic (exact) mass is 431 g/mol. The van der Waals surface area contributed by atoms with Crippen LogP contribution in [-0.2, 0) is 0 Å². The van der Waals surface area contributed by atoms with E-state index in [4.69, 9.17) is 14.2 Å². The van der Waals surface area contributed by atoms with Gasteiger partial charge in [-0.2, -0.15) is 0 Å². The highest BCUT2D eigenvalue weighted by molar-refractivity contribution is 6.08. The van der Waals surface area contributed by atoms with Gasteiger partial charge in [-0.1, -0.05) is 30.3 Å². The molecule has 2 N–H and O–H groups in total. The number of nitrogens with zero attached hydrogens (tertiary/aromatic N) is 1. The van der Waals surface area contributed by atoms with E-state index < -0.39 is 5.91 Å². The van der Waals surface area contributed by atoms with Crippen LogP contribution in [0.2, 0.25) is 0 Å². The van der Waals surface area contributed by atoms with E-state index in [0.29, 0.717) is 39.5 Å². The smallest absolute Gasteiger partial charge is 0.275 e. The third-order valence-electron chi connectivity index (χ3n) is 4.98. The third kappa shape index (κ3) is 3.85. The van der Waals surface area contributed by atoms with Gasteiger partial charge in [0.2, 0.25) is 0 Å². The van der Waals surface area contributed by atoms with Crippen LogP contribution in [0.4, 0.5) is 5.69 Å². The number of rotatable bonds is 6. The highest BCUT2D eigenvalue weighted by Gasteiger charge is 2.20. The molecule has 8 nitrogen and oxygen atoms in total. The van der Waals surface area contributed by atoms with Crippen molar-refractivity contribution in [3.8, 4) is 28.5 Å². The summed E-state index contributed by atoms with van der Waals surface area (Å²) in [4.78, 5) is 33.2. The molecule has 0 saturated carbocycles. The van der Waals surface area contributed by atoms with Crippen molar-refractivity contribution in [3.05, 3.63) is 76.6 Å². The fourth-order valence-corrected chi connectivity index (χ4v) is 3.41. The predicted molar refractivity (Wildman–Crippen MR) is 122 cm³/mol. The van der Waals surface area contributed by atoms with Gasteiger partial charge in [-0.25, -0.2) is 4.98 Å². The molecular formula is C24H21N3O5. The Morgan fingerprint density at radius 3 is 2.28 bits per heavy atom. The zero-order valence-electron chi connectivity index (χ0n) is 17.8. The summed E-state index contributed by atoms with van der Waals surface area (Å²) in [6.45, 7) is 0. The zero-order chi connectivity index (χ0) is 22.7. The van der Waals surface area contributed by atoms with Gasteiger partial charge in [-0.05, 0) is 18.2 Å². The average molecular weight is 431 g/mol. The highest BCUT2D eigenvalue weighted by atomic mass is 16.5. The van der Waals surface area contributed by atoms with E-state index in [1.54, 1.807) is 36.4 Å². The zero-order valence-corrected chi connectivity index (χ0v) is 17.8. The normalized spacial score (nSPS) is 10.6. The topological polar surface area (TPSA) is 103 Å². The molecule has 0 bridgehead atoms. The first-order valence-electron chi connectivity index (χ1n) is 9.75. The first-order chi connectivity index (χ1) is 15.5. The Hall–Kier alpha value is -4.33. The Morgan fingerprint density at radius 1 is 0.875 bits per heavy atom. The number of hydrogen-bond donors (Lipinski definition) is 2. The number of H-pyrrole nitrogens is 1. The van der Waals surface area contributed by atoms with Crippen LogP contribution in [0.5, 0.6) is 17.2 Å². The lowest BCUT2D eigenvalue weighted by atomic mass is 10.1. The van der Waals surface area contributed by atoms with E-state index in [2.05, 4.69) is 15.3 Å². The molecule has 8 heteroatoms. The molecule has 0 atom stereocenters. The molecule has 32 heavy (non-hydrogen) atoms. The van der Waals surface area contributed by atoms with Crippen molar-refractivity contribution >= 4 is 22.6 Å². The summed E-state index contributed by atoms with van der Waals surface area (Å²) in [5.41, 5.74) is 2.31. The van der Waals surface area contributed by atoms with Crippen molar-refractivity contribution in [2.45, 2.75) is 0 Å². The summed E-state index contributed by atoms with van der Waals surface area (Å²) >= 11 is 0. The second-order valence-electron chi connectivity index (χ2n) is 6.84. The van der Waals surface area contributed by atoms with E-state index in [1.165, 1.54) is 27.4 Å². The molecular weight excluding hydrogens is 410 g/mol. The Labute approximate surface area is 183 Å². The standard InChI is InChI=1S/C24H21N3O5/c1-30-19-13-21(32-3)20(31-2)12-15(19)23(28)26-16-9-5-4-8-14(16)22-24(29)27-18-11-7-6-10-17(18)25-22/h4-13H,1-3H3,(H,26,28)(H,27,29). The second kappa shape index (κ2) is 8.81. The lowest BCUT2D eigenvalue weighted by Gasteiger charge is -2.15. The Balaban J connectivity index is 1.76. The molecule has 162 valence electrons. The van der Waals surface area contributed by atoms with Crippen molar-refractivity contribution in [1.82, 2.24) is 9.97 Å². The Bertz CT molecular complexity index is 1360. The van der Waals surface area contributed by atoms with Crippen molar-refractivity contribution in [2.75, 3.05) is 26.6 Å². The van der Waals surface area contributed by atoms with Crippen LogP contribution in [0.1, 0.15) is 10.4 Å². The number of carbonyl (C=O) groups is 1. The van der Waals surface area contributed by atoms with Crippen LogP contribution in [0.15, 0.2) is 65.5 Å². The van der Waals surface area contributed by atoms with Crippen LogP contribution in [-0.4, -0.2) is 37.2 Å². The van der Waals surface area contributed by atoms with Crippen molar-refractivity contribution in [1.29, 1.82) is 0 Å². The lowest BCUT2D eigenvalue weighted by molar-refractivity contribution is 0.102. The molecule has 1 amide bonds. The van der Waals surface area contributed by atoms with Gasteiger partial charge in [-0.3, -0.25) is 9.59 Å². The fourth-order valence-electron chi connectivity index (χ4n) is 3.41. The number of anilines is 1. The first kappa shape index (κ1) is 20.9. The molecule has 0 unspecified atom stereocenters. The summed E-state index contributed by atoms with van der Waals surface area (Å²) in [5.74, 6) is 0.708. The lowest BCUT2D eigenvalue weighted by Crippen LogP contribution is -2.16. The summed E-state index contributed by atoms with van der Waals surface area (Å²) in [7, 11) is 4.45. The van der Waals surface area contributed by atoms with Gasteiger partial charge in [0.1, 0.15) is 11.4 Å². The molecule has 4 rings (SSSR count). The number of carbonyl (C=O) groups excluding carboxylic acids is 1. The minimum absolute atomic E-state index is 0.207. The molecule has 0 aliphatic carbocycles. The average Bonchev–Trinajstić information content (AvgIpc) is 2.83. The maximum Gasteiger partial charge on any atom is 0.275 e. The van der Waals surface area contributed by atoms with E-state index in [0.717, 1.165) is 0 Å². The minimum atomic E-state index is -0.438. The number of nitrogens with one attached hydrogen (secondary N) is 2. The minimum Gasteiger partial charge on any atom is -0.496 e. The molecule has 1 heterocycles. The molecule has 1 aromatic heterocycles. The third-order valence-corrected chi connectivity index (χ3v) is 4.98. The fraction of sp³-hybridized carbons (Fsp3) is 0.125. The molecule has 0 radical (unpaired) electrons. The van der Waals surface area contributed by atoms with Crippen molar-refractivity contribution in [3.63, 3.8) is 0 Å². The summed E-state index contributed by atoms with van der Waals surface area (Å²) in [6.07, 6.45) is 0. The van der Waals surface area contributed by atoms with E-state index >= 15 is 0 Å². The molecule has 0 fully saturated rings. The van der Waals surface area contributed by atoms with Gasteiger partial charge in [0.25, 0.3) is 11.5 Å².